The first kappa shape index (κ1) is 15.1. The van der Waals surface area contributed by atoms with Crippen LogP contribution >= 0.6 is 11.8 Å². The van der Waals surface area contributed by atoms with Gasteiger partial charge < -0.3 is 10.6 Å². The lowest BCUT2D eigenvalue weighted by molar-refractivity contribution is -0.128. The number of nitrogens with one attached hydrogen (secondary N) is 2. The first-order chi connectivity index (χ1) is 8.49. The van der Waals surface area contributed by atoms with E-state index in [0.29, 0.717) is 6.54 Å². The fraction of sp³-hybridized carbons (Fsp3) is 0.500. The molecule has 0 fully saturated rings. The summed E-state index contributed by atoms with van der Waals surface area (Å²) in [5.41, 5.74) is 0.856. The van der Waals surface area contributed by atoms with Crippen molar-refractivity contribution in [3.8, 4) is 0 Å². The van der Waals surface area contributed by atoms with Crippen LogP contribution in [-0.2, 0) is 11.3 Å². The molecule has 0 heterocycles. The second-order valence-corrected chi connectivity index (χ2v) is 5.79. The topological polar surface area (TPSA) is 41.1 Å². The van der Waals surface area contributed by atoms with Crippen LogP contribution in [0.15, 0.2) is 29.2 Å². The summed E-state index contributed by atoms with van der Waals surface area (Å²) in [6, 6.07) is 8.47. The zero-order valence-electron chi connectivity index (χ0n) is 11.5. The molecule has 0 aliphatic heterocycles. The molecule has 0 unspecified atom stereocenters. The Bertz CT molecular complexity index is 387. The maximum atomic E-state index is 11.6. The van der Waals surface area contributed by atoms with E-state index >= 15 is 0 Å². The summed E-state index contributed by atoms with van der Waals surface area (Å²) < 4.78 is 0. The van der Waals surface area contributed by atoms with Crippen molar-refractivity contribution in [2.24, 2.45) is 5.41 Å². The number of hydrogen-bond acceptors (Lipinski definition) is 3. The van der Waals surface area contributed by atoms with Gasteiger partial charge in [-0.3, -0.25) is 4.79 Å². The Morgan fingerprint density at radius 3 is 2.39 bits per heavy atom. The highest BCUT2D eigenvalue weighted by atomic mass is 32.2. The summed E-state index contributed by atoms with van der Waals surface area (Å²) in [6.45, 7) is 5.33. The van der Waals surface area contributed by atoms with Gasteiger partial charge in [0.25, 0.3) is 0 Å². The quantitative estimate of drug-likeness (QED) is 0.776. The van der Waals surface area contributed by atoms with Crippen LogP contribution in [0.25, 0.3) is 0 Å². The van der Waals surface area contributed by atoms with Crippen LogP contribution in [0.4, 0.5) is 0 Å². The molecule has 0 atom stereocenters. The van der Waals surface area contributed by atoms with Gasteiger partial charge in [-0.2, -0.15) is 0 Å². The van der Waals surface area contributed by atoms with E-state index < -0.39 is 0 Å². The van der Waals surface area contributed by atoms with Crippen molar-refractivity contribution in [3.05, 3.63) is 29.8 Å². The first-order valence-electron chi connectivity index (χ1n) is 6.05. The molecule has 0 radical (unpaired) electrons. The molecule has 1 aromatic rings. The lowest BCUT2D eigenvalue weighted by Gasteiger charge is -2.22. The van der Waals surface area contributed by atoms with Gasteiger partial charge in [0, 0.05) is 25.0 Å². The van der Waals surface area contributed by atoms with Gasteiger partial charge in [0.15, 0.2) is 0 Å². The third kappa shape index (κ3) is 4.35. The van der Waals surface area contributed by atoms with E-state index in [2.05, 4.69) is 41.2 Å². The van der Waals surface area contributed by atoms with E-state index in [1.165, 1.54) is 10.5 Å². The Morgan fingerprint density at radius 1 is 1.28 bits per heavy atom. The van der Waals surface area contributed by atoms with E-state index in [0.717, 1.165) is 6.54 Å². The number of carbonyl (C=O) groups excluding carboxylic acids is 1. The van der Waals surface area contributed by atoms with Crippen molar-refractivity contribution in [1.29, 1.82) is 0 Å². The molecule has 2 N–H and O–H groups in total. The molecule has 1 aromatic carbocycles. The van der Waals surface area contributed by atoms with Gasteiger partial charge in [-0.15, -0.1) is 11.8 Å². The average molecular weight is 266 g/mol. The molecular weight excluding hydrogens is 244 g/mol. The van der Waals surface area contributed by atoms with Gasteiger partial charge in [0.2, 0.25) is 5.91 Å². The van der Waals surface area contributed by atoms with Crippen molar-refractivity contribution in [3.63, 3.8) is 0 Å². The molecule has 0 bridgehead atoms. The van der Waals surface area contributed by atoms with Crippen LogP contribution in [0.1, 0.15) is 19.4 Å². The second kappa shape index (κ2) is 6.81. The lowest BCUT2D eigenvalue weighted by atomic mass is 9.92. The van der Waals surface area contributed by atoms with Gasteiger partial charge in [-0.25, -0.2) is 0 Å². The van der Waals surface area contributed by atoms with E-state index in [1.807, 2.05) is 13.8 Å². The zero-order valence-corrected chi connectivity index (χ0v) is 12.4. The Morgan fingerprint density at radius 2 is 1.89 bits per heavy atom. The molecule has 4 heteroatoms. The van der Waals surface area contributed by atoms with Gasteiger partial charge >= 0.3 is 0 Å². The average Bonchev–Trinajstić information content (AvgIpc) is 2.38. The van der Waals surface area contributed by atoms with E-state index in [9.17, 15) is 4.79 Å². The summed E-state index contributed by atoms with van der Waals surface area (Å²) in [4.78, 5) is 12.9. The monoisotopic (exact) mass is 266 g/mol. The molecule has 0 spiro atoms. The number of rotatable bonds is 6. The number of thioether (sulfide) groups is 1. The summed E-state index contributed by atoms with van der Waals surface area (Å²) in [5.74, 6) is 0.0627. The molecule has 100 valence electrons. The summed E-state index contributed by atoms with van der Waals surface area (Å²) >= 11 is 1.74. The van der Waals surface area contributed by atoms with Gasteiger partial charge in [0.05, 0.1) is 5.41 Å². The van der Waals surface area contributed by atoms with E-state index in [-0.39, 0.29) is 11.3 Å². The minimum Gasteiger partial charge on any atom is -0.359 e. The minimum atomic E-state index is -0.381. The molecular formula is C14H22N2OS. The minimum absolute atomic E-state index is 0.0627. The van der Waals surface area contributed by atoms with Crippen LogP contribution < -0.4 is 10.6 Å². The summed E-state index contributed by atoms with van der Waals surface area (Å²) in [6.07, 6.45) is 2.07. The van der Waals surface area contributed by atoms with Gasteiger partial charge in [0.1, 0.15) is 0 Å². The fourth-order valence-electron chi connectivity index (χ4n) is 1.68. The highest BCUT2D eigenvalue weighted by Crippen LogP contribution is 2.16. The van der Waals surface area contributed by atoms with Crippen molar-refractivity contribution < 1.29 is 4.79 Å². The molecule has 1 amide bonds. The summed E-state index contributed by atoms with van der Waals surface area (Å²) in [5, 5.41) is 6.01. The van der Waals surface area contributed by atoms with Crippen LogP contribution in [0.5, 0.6) is 0 Å². The van der Waals surface area contributed by atoms with E-state index in [1.54, 1.807) is 18.8 Å². The number of amides is 1. The Labute approximate surface area is 114 Å². The summed E-state index contributed by atoms with van der Waals surface area (Å²) in [7, 11) is 1.67. The molecule has 0 aliphatic carbocycles. The standard InChI is InChI=1S/C14H22N2OS/c1-14(2,13(17)15-3)10-16-9-11-5-7-12(18-4)8-6-11/h5-8,16H,9-10H2,1-4H3,(H,15,17). The van der Waals surface area contributed by atoms with Crippen molar-refractivity contribution in [2.75, 3.05) is 19.8 Å². The maximum absolute atomic E-state index is 11.6. The van der Waals surface area contributed by atoms with Crippen molar-refractivity contribution in [1.82, 2.24) is 10.6 Å². The highest BCUT2D eigenvalue weighted by molar-refractivity contribution is 7.98. The fourth-order valence-corrected chi connectivity index (χ4v) is 2.09. The van der Waals surface area contributed by atoms with Crippen LogP contribution in [0.2, 0.25) is 0 Å². The van der Waals surface area contributed by atoms with Crippen LogP contribution in [0, 0.1) is 5.41 Å². The van der Waals surface area contributed by atoms with Gasteiger partial charge in [-0.1, -0.05) is 12.1 Å². The molecule has 0 aliphatic rings. The maximum Gasteiger partial charge on any atom is 0.226 e. The van der Waals surface area contributed by atoms with Gasteiger partial charge in [-0.05, 0) is 37.8 Å². The zero-order chi connectivity index (χ0) is 13.6. The molecule has 3 nitrogen and oxygen atoms in total. The molecule has 0 saturated heterocycles. The van der Waals surface area contributed by atoms with Crippen molar-refractivity contribution >= 4 is 17.7 Å². The SMILES string of the molecule is CNC(=O)C(C)(C)CNCc1ccc(SC)cc1. The Kier molecular flexibility index (Phi) is 5.69. The predicted molar refractivity (Wildman–Crippen MR) is 77.8 cm³/mol. The van der Waals surface area contributed by atoms with Crippen molar-refractivity contribution in [2.45, 2.75) is 25.3 Å². The first-order valence-corrected chi connectivity index (χ1v) is 7.28. The second-order valence-electron chi connectivity index (χ2n) is 4.91. The van der Waals surface area contributed by atoms with E-state index in [4.69, 9.17) is 0 Å². The number of hydrogen-bond donors (Lipinski definition) is 2. The number of carbonyl (C=O) groups is 1. The Balaban J connectivity index is 2.43. The third-order valence-electron chi connectivity index (χ3n) is 2.90. The Hall–Kier alpha value is -1.00. The highest BCUT2D eigenvalue weighted by Gasteiger charge is 2.25. The molecule has 1 rings (SSSR count). The normalized spacial score (nSPS) is 11.3. The van der Waals surface area contributed by atoms with Crippen LogP contribution in [0.3, 0.4) is 0 Å². The van der Waals surface area contributed by atoms with Crippen LogP contribution in [-0.4, -0.2) is 25.8 Å². The third-order valence-corrected chi connectivity index (χ3v) is 3.64. The molecule has 18 heavy (non-hydrogen) atoms. The number of benzene rings is 1. The molecule has 0 aromatic heterocycles. The lowest BCUT2D eigenvalue weighted by Crippen LogP contribution is -2.41. The predicted octanol–water partition coefficient (Wildman–Crippen LogP) is 2.27. The largest absolute Gasteiger partial charge is 0.359 e. The smallest absolute Gasteiger partial charge is 0.226 e. The molecule has 0 saturated carbocycles.